The molecule has 2 aliphatic heterocycles. The molecule has 0 spiro atoms. The summed E-state index contributed by atoms with van der Waals surface area (Å²) in [5.41, 5.74) is 2.17. The van der Waals surface area contributed by atoms with Crippen LogP contribution in [-0.2, 0) is 29.8 Å². The number of hydrogen-bond donors (Lipinski definition) is 0. The number of imidazole rings is 1. The molecule has 0 bridgehead atoms. The number of halogens is 5. The van der Waals surface area contributed by atoms with Crippen molar-refractivity contribution in [3.05, 3.63) is 76.1 Å². The van der Waals surface area contributed by atoms with E-state index < -0.39 is 23.7 Å². The Labute approximate surface area is 276 Å². The Morgan fingerprint density at radius 2 is 1.88 bits per heavy atom. The summed E-state index contributed by atoms with van der Waals surface area (Å²) in [6, 6.07) is 11.7. The second kappa shape index (κ2) is 12.3. The predicted molar refractivity (Wildman–Crippen MR) is 164 cm³/mol. The second-order valence-corrected chi connectivity index (χ2v) is 12.5. The van der Waals surface area contributed by atoms with Gasteiger partial charge in [0.25, 0.3) is 5.79 Å². The molecule has 2 aromatic carbocycles. The van der Waals surface area contributed by atoms with Crippen LogP contribution in [-0.4, -0.2) is 61.1 Å². The molecule has 1 fully saturated rings. The molecule has 0 radical (unpaired) electrons. The number of para-hydroxylation sites is 1. The first kappa shape index (κ1) is 32.2. The van der Waals surface area contributed by atoms with Crippen LogP contribution in [0.2, 0.25) is 5.02 Å². The Bertz CT molecular complexity index is 1980. The number of fused-ring (bicyclic) bond motifs is 2. The molecule has 11 nitrogen and oxygen atoms in total. The first-order valence-electron chi connectivity index (χ1n) is 15.3. The highest BCUT2D eigenvalue weighted by Gasteiger charge is 2.43. The Kier molecular flexibility index (Phi) is 8.24. The van der Waals surface area contributed by atoms with E-state index in [2.05, 4.69) is 29.8 Å². The Balaban J connectivity index is 1.09. The van der Waals surface area contributed by atoms with Gasteiger partial charge >= 0.3 is 12.1 Å². The van der Waals surface area contributed by atoms with Crippen LogP contribution >= 0.6 is 11.6 Å². The van der Waals surface area contributed by atoms with E-state index in [0.717, 1.165) is 31.5 Å². The number of piperidine rings is 1. The monoisotopic (exact) mass is 687 g/mol. The molecule has 252 valence electrons. The van der Waals surface area contributed by atoms with E-state index in [1.165, 1.54) is 12.1 Å². The van der Waals surface area contributed by atoms with Gasteiger partial charge in [-0.2, -0.15) is 18.2 Å². The second-order valence-electron chi connectivity index (χ2n) is 12.0. The van der Waals surface area contributed by atoms with Crippen molar-refractivity contribution in [2.45, 2.75) is 63.8 Å². The molecule has 2 aliphatic rings. The zero-order valence-electron chi connectivity index (χ0n) is 26.1. The van der Waals surface area contributed by atoms with Gasteiger partial charge in [0, 0.05) is 24.6 Å². The molecule has 5 heterocycles. The number of likely N-dealkylation sites (tertiary alicyclic amines) is 1. The number of rotatable bonds is 8. The summed E-state index contributed by atoms with van der Waals surface area (Å²) in [6.07, 6.45) is -3.30. The lowest BCUT2D eigenvalue weighted by molar-refractivity contribution is -0.159. The summed E-state index contributed by atoms with van der Waals surface area (Å²) < 4.78 is 78.1. The largest absolute Gasteiger partial charge is 0.471 e. The van der Waals surface area contributed by atoms with Crippen LogP contribution in [0.15, 0.2) is 47.0 Å². The van der Waals surface area contributed by atoms with Gasteiger partial charge in [0.15, 0.2) is 17.1 Å². The summed E-state index contributed by atoms with van der Waals surface area (Å²) in [5, 5.41) is 12.1. The van der Waals surface area contributed by atoms with Gasteiger partial charge in [-0.3, -0.25) is 4.90 Å². The van der Waals surface area contributed by atoms with E-state index in [-0.39, 0.29) is 34.1 Å². The smallest absolute Gasteiger partial charge is 0.444 e. The fourth-order valence-electron chi connectivity index (χ4n) is 6.21. The summed E-state index contributed by atoms with van der Waals surface area (Å²) in [5.74, 6) is -1.58. The van der Waals surface area contributed by atoms with E-state index in [1.54, 1.807) is 26.2 Å². The minimum absolute atomic E-state index is 0.00930. The lowest BCUT2D eigenvalue weighted by Gasteiger charge is -2.32. The molecule has 0 N–H and O–H groups in total. The van der Waals surface area contributed by atoms with Crippen molar-refractivity contribution in [2.75, 3.05) is 20.2 Å². The first-order valence-corrected chi connectivity index (χ1v) is 15.7. The molecule has 1 saturated heterocycles. The molecule has 7 rings (SSSR count). The van der Waals surface area contributed by atoms with Gasteiger partial charge in [0.2, 0.25) is 5.82 Å². The van der Waals surface area contributed by atoms with Crippen molar-refractivity contribution in [1.29, 1.82) is 0 Å². The molecule has 0 aliphatic carbocycles. The number of methoxy groups -OCH3 is 1. The summed E-state index contributed by atoms with van der Waals surface area (Å²) in [6.45, 7) is 6.04. The lowest BCUT2D eigenvalue weighted by atomic mass is 9.88. The Morgan fingerprint density at radius 1 is 1.08 bits per heavy atom. The molecule has 2 atom stereocenters. The van der Waals surface area contributed by atoms with Crippen molar-refractivity contribution in [3.63, 3.8) is 0 Å². The van der Waals surface area contributed by atoms with Crippen LogP contribution in [0.25, 0.3) is 22.7 Å². The molecular weight excluding hydrogens is 658 g/mol. The van der Waals surface area contributed by atoms with Crippen molar-refractivity contribution >= 4 is 22.8 Å². The zero-order valence-corrected chi connectivity index (χ0v) is 26.8. The van der Waals surface area contributed by atoms with Crippen molar-refractivity contribution < 1.29 is 36.3 Å². The standard InChI is InChI=1S/C32H30ClF4N7O4/c1-17(45-3)15-44-26(38-24-14-23(40-41-29(24)44)28-39-30(48-42-28)32(35,36)37)16-43-11-9-18(10-12-43)20-5-4-6-25-27(20)47-31(2,46-25)21-8-7-19(33)13-22(21)34/h4-8,13-14,17-18H,9-12,15-16H2,1-3H3/t17-,31+/m1/s1. The molecule has 16 heteroatoms. The Morgan fingerprint density at radius 3 is 2.58 bits per heavy atom. The fourth-order valence-corrected chi connectivity index (χ4v) is 6.37. The average Bonchev–Trinajstić information content (AvgIpc) is 3.77. The van der Waals surface area contributed by atoms with E-state index in [9.17, 15) is 17.6 Å². The minimum Gasteiger partial charge on any atom is -0.444 e. The van der Waals surface area contributed by atoms with Gasteiger partial charge in [-0.1, -0.05) is 28.9 Å². The highest BCUT2D eigenvalue weighted by Crippen LogP contribution is 2.50. The molecule has 0 unspecified atom stereocenters. The minimum atomic E-state index is -4.78. The number of nitrogens with zero attached hydrogens (tertiary/aromatic N) is 7. The van der Waals surface area contributed by atoms with E-state index in [0.29, 0.717) is 41.6 Å². The zero-order chi connectivity index (χ0) is 33.8. The lowest BCUT2D eigenvalue weighted by Crippen LogP contribution is -2.34. The molecule has 5 aromatic rings. The third-order valence-corrected chi connectivity index (χ3v) is 8.97. The maximum Gasteiger partial charge on any atom is 0.471 e. The maximum atomic E-state index is 14.9. The van der Waals surface area contributed by atoms with E-state index in [4.69, 9.17) is 30.8 Å². The molecular formula is C32H30ClF4N7O4. The molecule has 0 amide bonds. The third kappa shape index (κ3) is 6.05. The van der Waals surface area contributed by atoms with Crippen molar-refractivity contribution in [1.82, 2.24) is 34.8 Å². The van der Waals surface area contributed by atoms with Gasteiger partial charge in [-0.25, -0.2) is 9.37 Å². The highest BCUT2D eigenvalue weighted by atomic mass is 35.5. The summed E-state index contributed by atoms with van der Waals surface area (Å²) >= 11 is 5.97. The van der Waals surface area contributed by atoms with Gasteiger partial charge in [-0.15, -0.1) is 10.2 Å². The predicted octanol–water partition coefficient (Wildman–Crippen LogP) is 6.75. The van der Waals surface area contributed by atoms with Crippen LogP contribution in [0.5, 0.6) is 11.5 Å². The quantitative estimate of drug-likeness (QED) is 0.162. The van der Waals surface area contributed by atoms with Crippen LogP contribution in [0.4, 0.5) is 17.6 Å². The summed E-state index contributed by atoms with van der Waals surface area (Å²) in [7, 11) is 1.61. The van der Waals surface area contributed by atoms with Gasteiger partial charge in [-0.05, 0) is 69.1 Å². The third-order valence-electron chi connectivity index (χ3n) is 8.74. The number of hydrogen-bond acceptors (Lipinski definition) is 10. The van der Waals surface area contributed by atoms with E-state index in [1.807, 2.05) is 29.7 Å². The Hall–Kier alpha value is -4.34. The SMILES string of the molecule is CO[C@H](C)Cn1c(CN2CCC(c3cccc4c3O[C@@](C)(c3ccc(Cl)cc3F)O4)CC2)nc2cc(-c3noc(C(F)(F)F)n3)nnc21. The van der Waals surface area contributed by atoms with Crippen LogP contribution < -0.4 is 9.47 Å². The highest BCUT2D eigenvalue weighted by molar-refractivity contribution is 6.30. The summed E-state index contributed by atoms with van der Waals surface area (Å²) in [4.78, 5) is 10.5. The fraction of sp³-hybridized carbons (Fsp3) is 0.406. The first-order chi connectivity index (χ1) is 22.9. The number of ether oxygens (including phenoxy) is 3. The molecule has 48 heavy (non-hydrogen) atoms. The molecule has 0 saturated carbocycles. The van der Waals surface area contributed by atoms with Gasteiger partial charge in [0.05, 0.1) is 24.8 Å². The van der Waals surface area contributed by atoms with Gasteiger partial charge in [0.1, 0.15) is 22.9 Å². The average molecular weight is 688 g/mol. The van der Waals surface area contributed by atoms with Crippen LogP contribution in [0.1, 0.15) is 55.4 Å². The normalized spacial score (nSPS) is 19.3. The topological polar surface area (TPSA) is 113 Å². The van der Waals surface area contributed by atoms with E-state index >= 15 is 0 Å². The number of aromatic nitrogens is 6. The van der Waals surface area contributed by atoms with Crippen molar-refractivity contribution in [3.8, 4) is 23.0 Å². The van der Waals surface area contributed by atoms with Crippen molar-refractivity contribution in [2.24, 2.45) is 0 Å². The van der Waals surface area contributed by atoms with Gasteiger partial charge < -0.3 is 23.3 Å². The maximum absolute atomic E-state index is 14.9. The van der Waals surface area contributed by atoms with Crippen LogP contribution in [0.3, 0.4) is 0 Å². The number of benzene rings is 2. The van der Waals surface area contributed by atoms with Crippen LogP contribution in [0, 0.1) is 5.82 Å². The number of alkyl halides is 3. The molecule has 3 aromatic heterocycles.